The number of ether oxygens (including phenoxy) is 1. The van der Waals surface area contributed by atoms with Crippen LogP contribution in [-0.2, 0) is 42.7 Å². The topological polar surface area (TPSA) is 70.5 Å². The Balaban J connectivity index is 0.00000855. The van der Waals surface area contributed by atoms with Crippen LogP contribution in [0.1, 0.15) is 122 Å². The molecular formula is C73H72B2N7OPt-3. The Morgan fingerprint density at radius 3 is 1.80 bits per heavy atom. The van der Waals surface area contributed by atoms with Crippen molar-refractivity contribution >= 4 is 70.1 Å². The van der Waals surface area contributed by atoms with Gasteiger partial charge < -0.3 is 29.7 Å². The van der Waals surface area contributed by atoms with Crippen LogP contribution in [0, 0.1) is 18.8 Å². The number of anilines is 4. The fourth-order valence-corrected chi connectivity index (χ4v) is 10.7. The van der Waals surface area contributed by atoms with E-state index >= 15 is 0 Å². The Bertz CT molecular complexity index is 4190. The van der Waals surface area contributed by atoms with Gasteiger partial charge in [-0.2, -0.15) is 23.9 Å². The number of benzene rings is 5. The van der Waals surface area contributed by atoms with Crippen molar-refractivity contribution in [3.8, 4) is 28.7 Å². The first-order valence-electron chi connectivity index (χ1n) is 30.4. The number of allylic oxidation sites excluding steroid dienone is 8. The molecule has 0 fully saturated rings. The van der Waals surface area contributed by atoms with Crippen LogP contribution in [0.2, 0.25) is 0 Å². The van der Waals surface area contributed by atoms with Crippen LogP contribution in [0.15, 0.2) is 201 Å². The average molecular weight is 1280 g/mol. The van der Waals surface area contributed by atoms with Gasteiger partial charge in [-0.1, -0.05) is 184 Å². The third kappa shape index (κ3) is 12.3. The third-order valence-electron chi connectivity index (χ3n) is 15.0. The summed E-state index contributed by atoms with van der Waals surface area (Å²) in [6.07, 6.45) is 25.6. The van der Waals surface area contributed by atoms with Gasteiger partial charge in [0.2, 0.25) is 0 Å². The number of hydrogen-bond donors (Lipinski definition) is 2. The number of para-hydroxylation sites is 4. The molecular weight excluding hydrogens is 1210 g/mol. The van der Waals surface area contributed by atoms with Gasteiger partial charge in [0.1, 0.15) is 11.7 Å². The zero-order valence-electron chi connectivity index (χ0n) is 53.9. The molecule has 0 saturated carbocycles. The number of aromatic nitrogens is 3. The van der Waals surface area contributed by atoms with Crippen molar-refractivity contribution in [3.05, 3.63) is 253 Å². The molecule has 8 nitrogen and oxygen atoms in total. The minimum atomic E-state index is -0.336. The second-order valence-corrected chi connectivity index (χ2v) is 25.2. The number of pyridine rings is 2. The molecule has 3 aliphatic heterocycles. The van der Waals surface area contributed by atoms with Gasteiger partial charge in [-0.3, -0.25) is 4.98 Å². The second kappa shape index (κ2) is 23.9. The molecule has 84 heavy (non-hydrogen) atoms. The SMILES string of the molecule is [2H]c1c([2H])c([2H])c2c(c1[2H])c1ccc(Oc3[c-]c(N4[CH-]N(c5c(/C6=C/C=C\N/C=C\C=C/[B]6)cccc5/C5=C/C=C\N/C=C\C=C/[B]5)c5ccccc54)cc(-c4c(C(C)(C)C)cc(C(C)(C)C)cc4C(C)(C)C)n3)[c-]c1n2-c1cc(C(C)(C)C)ccn1.[Pt]. The van der Waals surface area contributed by atoms with Crippen LogP contribution >= 0.6 is 0 Å². The molecule has 11 rings (SSSR count). The van der Waals surface area contributed by atoms with Crippen molar-refractivity contribution in [1.29, 1.82) is 0 Å². The number of rotatable bonds is 8. The van der Waals surface area contributed by atoms with E-state index in [-0.39, 0.29) is 72.8 Å². The van der Waals surface area contributed by atoms with Crippen LogP contribution in [0.5, 0.6) is 11.6 Å². The molecule has 0 aliphatic carbocycles. The standard InChI is InChI=1S/C73H72B2N7O.Pt/c1-70(2,3)49-34-41-78-66(44-49)82-62-29-14-13-24-53(62)54-33-32-52(47-65(54)82)83-67-46-51(45-61(79-67)68-57(72(7,8)9)42-50(71(4,5)6)43-58(68)73(10,11)12)80-48-81(64-31-16-15-30-63(64)80)69-55(59-27-22-39-76-37-19-17-35-74-59)25-21-26-56(69)60-28-23-40-77-38-20-18-36-75-60;/h13-45,48,76-77H,1-12H3;/q-3;/b35-17-,36-18-,37-19-,38-20-,39-22-,40-23-,59-27-,60-28-;/i13D,14D,24D,29D;. The zero-order chi connectivity index (χ0) is 61.7. The summed E-state index contributed by atoms with van der Waals surface area (Å²) in [7, 11) is 4.29. The molecule has 0 atom stereocenters. The van der Waals surface area contributed by atoms with Crippen molar-refractivity contribution in [2.75, 3.05) is 9.80 Å². The van der Waals surface area contributed by atoms with Crippen LogP contribution in [0.4, 0.5) is 22.7 Å². The molecule has 6 heterocycles. The van der Waals surface area contributed by atoms with Gasteiger partial charge in [-0.15, -0.1) is 36.1 Å². The van der Waals surface area contributed by atoms with E-state index in [2.05, 4.69) is 222 Å². The van der Waals surface area contributed by atoms with Gasteiger partial charge >= 0.3 is 0 Å². The summed E-state index contributed by atoms with van der Waals surface area (Å²) in [5, 5.41) is 7.42. The van der Waals surface area contributed by atoms with Crippen LogP contribution in [-0.4, -0.2) is 29.1 Å². The summed E-state index contributed by atoms with van der Waals surface area (Å²) in [4.78, 5) is 14.8. The van der Waals surface area contributed by atoms with Crippen molar-refractivity contribution in [2.24, 2.45) is 0 Å². The van der Waals surface area contributed by atoms with Gasteiger partial charge in [0.25, 0.3) is 0 Å². The molecule has 11 heteroatoms. The normalized spacial score (nSPS) is 18.9. The average Bonchev–Trinajstić information content (AvgIpc) is 1.51. The molecule has 0 spiro atoms. The van der Waals surface area contributed by atoms with E-state index in [0.29, 0.717) is 44.8 Å². The fourth-order valence-electron chi connectivity index (χ4n) is 10.7. The summed E-state index contributed by atoms with van der Waals surface area (Å²) in [5.41, 5.74) is 13.5. The summed E-state index contributed by atoms with van der Waals surface area (Å²) in [6, 6.07) is 35.6. The van der Waals surface area contributed by atoms with E-state index in [9.17, 15) is 2.74 Å². The summed E-state index contributed by atoms with van der Waals surface area (Å²) in [6.45, 7) is 28.9. The fraction of sp³-hybridized carbons (Fsp3) is 0.219. The Morgan fingerprint density at radius 1 is 0.595 bits per heavy atom. The molecule has 0 bridgehead atoms. The summed E-state index contributed by atoms with van der Waals surface area (Å²) < 4.78 is 45.0. The van der Waals surface area contributed by atoms with Crippen molar-refractivity contribution < 1.29 is 31.3 Å². The van der Waals surface area contributed by atoms with Crippen molar-refractivity contribution in [2.45, 2.75) is 105 Å². The third-order valence-corrected chi connectivity index (χ3v) is 15.0. The van der Waals surface area contributed by atoms with E-state index in [4.69, 9.17) is 17.4 Å². The van der Waals surface area contributed by atoms with E-state index in [1.54, 1.807) is 16.8 Å². The van der Waals surface area contributed by atoms with E-state index < -0.39 is 0 Å². The first-order valence-corrected chi connectivity index (χ1v) is 28.4. The van der Waals surface area contributed by atoms with Gasteiger partial charge in [0.05, 0.1) is 5.48 Å². The van der Waals surface area contributed by atoms with Crippen molar-refractivity contribution in [3.63, 3.8) is 0 Å². The number of hydrogen-bond acceptors (Lipinski definition) is 7. The molecule has 2 N–H and O–H groups in total. The van der Waals surface area contributed by atoms with Crippen molar-refractivity contribution in [1.82, 2.24) is 25.2 Å². The van der Waals surface area contributed by atoms with Gasteiger partial charge in [0, 0.05) is 80.4 Å². The quantitative estimate of drug-likeness (QED) is 0.116. The molecule has 0 unspecified atom stereocenters. The first kappa shape index (κ1) is 53.9. The van der Waals surface area contributed by atoms with Gasteiger partial charge in [0.15, 0.2) is 14.6 Å². The molecule has 3 aromatic heterocycles. The number of nitrogens with zero attached hydrogens (tertiary/aromatic N) is 5. The smallest absolute Gasteiger partial charge is 0.182 e. The van der Waals surface area contributed by atoms with Crippen LogP contribution in [0.25, 0.3) is 49.8 Å². The monoisotopic (exact) mass is 1280 g/mol. The van der Waals surface area contributed by atoms with Gasteiger partial charge in [-0.05, 0) is 126 Å². The Morgan fingerprint density at radius 2 is 1.19 bits per heavy atom. The minimum absolute atomic E-state index is 0. The molecule has 424 valence electrons. The van der Waals surface area contributed by atoms with Crippen LogP contribution in [0.3, 0.4) is 0 Å². The van der Waals surface area contributed by atoms with Crippen LogP contribution < -0.4 is 25.2 Å². The second-order valence-electron chi connectivity index (χ2n) is 25.2. The predicted octanol–water partition coefficient (Wildman–Crippen LogP) is 17.6. The maximum Gasteiger partial charge on any atom is 0.182 e. The zero-order valence-corrected chi connectivity index (χ0v) is 52.2. The van der Waals surface area contributed by atoms with E-state index in [1.165, 1.54) is 5.56 Å². The first-order chi connectivity index (χ1) is 41.4. The van der Waals surface area contributed by atoms with E-state index in [1.807, 2.05) is 79.5 Å². The summed E-state index contributed by atoms with van der Waals surface area (Å²) >= 11 is 0. The molecule has 5 aromatic carbocycles. The molecule has 0 saturated heterocycles. The maximum atomic E-state index is 9.31. The molecule has 8 aromatic rings. The molecule has 0 amide bonds. The van der Waals surface area contributed by atoms with E-state index in [0.717, 1.165) is 61.4 Å². The summed E-state index contributed by atoms with van der Waals surface area (Å²) in [5.74, 6) is 5.10. The predicted molar refractivity (Wildman–Crippen MR) is 351 cm³/mol. The largest absolute Gasteiger partial charge is 0.503 e. The number of fused-ring (bicyclic) bond motifs is 4. The Hall–Kier alpha value is -8.06. The number of nitrogens with one attached hydrogen (secondary N) is 2. The molecule has 2 radical (unpaired) electrons. The Labute approximate surface area is 519 Å². The Kier molecular flexibility index (Phi) is 15.3. The maximum absolute atomic E-state index is 9.31. The van der Waals surface area contributed by atoms with Gasteiger partial charge in [-0.25, -0.2) is 4.98 Å². The minimum Gasteiger partial charge on any atom is -0.503 e. The molecule has 3 aliphatic rings.